The molecule has 0 saturated carbocycles. The molecule has 1 N–H and O–H groups in total. The molecule has 25 heavy (non-hydrogen) atoms. The molecule has 3 rings (SSSR count). The number of nitrogens with zero attached hydrogens (tertiary/aromatic N) is 3. The fourth-order valence-corrected chi connectivity index (χ4v) is 2.50. The maximum Gasteiger partial charge on any atom is 0.270 e. The van der Waals surface area contributed by atoms with E-state index in [4.69, 9.17) is 11.6 Å². The molecular formula is C18H11ClN4O2. The second-order valence-electron chi connectivity index (χ2n) is 5.18. The molecule has 122 valence electrons. The van der Waals surface area contributed by atoms with Crippen LogP contribution in [0.25, 0.3) is 22.9 Å². The second kappa shape index (κ2) is 6.99. The van der Waals surface area contributed by atoms with Crippen LogP contribution in [0.5, 0.6) is 0 Å². The Morgan fingerprint density at radius 1 is 1.28 bits per heavy atom. The third-order valence-corrected chi connectivity index (χ3v) is 3.84. The van der Waals surface area contributed by atoms with Gasteiger partial charge in [0.15, 0.2) is 0 Å². The van der Waals surface area contributed by atoms with Gasteiger partial charge in [-0.05, 0) is 23.8 Å². The van der Waals surface area contributed by atoms with E-state index in [0.29, 0.717) is 27.4 Å². The predicted molar refractivity (Wildman–Crippen MR) is 95.6 cm³/mol. The molecule has 7 heteroatoms. The number of benzene rings is 2. The molecule has 0 saturated heterocycles. The molecule has 0 aliphatic heterocycles. The molecule has 0 radical (unpaired) electrons. The summed E-state index contributed by atoms with van der Waals surface area (Å²) in [6.45, 7) is 0. The van der Waals surface area contributed by atoms with Crippen molar-refractivity contribution in [2.75, 3.05) is 0 Å². The predicted octanol–water partition coefficient (Wildman–Crippen LogP) is 4.70. The van der Waals surface area contributed by atoms with Crippen molar-refractivity contribution in [3.63, 3.8) is 0 Å². The lowest BCUT2D eigenvalue weighted by Gasteiger charge is -2.02. The van der Waals surface area contributed by atoms with Gasteiger partial charge in [-0.15, -0.1) is 0 Å². The highest BCUT2D eigenvalue weighted by molar-refractivity contribution is 6.30. The molecule has 0 atom stereocenters. The number of H-pyrrole nitrogens is 1. The van der Waals surface area contributed by atoms with Gasteiger partial charge in [-0.1, -0.05) is 35.9 Å². The molecule has 0 amide bonds. The van der Waals surface area contributed by atoms with E-state index in [2.05, 4.69) is 16.3 Å². The number of aromatic nitrogens is 2. The molecular weight excluding hydrogens is 340 g/mol. The van der Waals surface area contributed by atoms with Crippen LogP contribution in [-0.2, 0) is 0 Å². The van der Waals surface area contributed by atoms with Gasteiger partial charge in [-0.25, -0.2) is 0 Å². The first-order valence-corrected chi connectivity index (χ1v) is 7.62. The first-order chi connectivity index (χ1) is 12.1. The number of halogens is 1. The Hall–Kier alpha value is -3.43. The van der Waals surface area contributed by atoms with Gasteiger partial charge in [0.2, 0.25) is 0 Å². The lowest BCUT2D eigenvalue weighted by atomic mass is 10.0. The van der Waals surface area contributed by atoms with Crippen LogP contribution in [-0.4, -0.2) is 15.1 Å². The van der Waals surface area contributed by atoms with Gasteiger partial charge in [-0.2, -0.15) is 10.4 Å². The molecule has 0 aliphatic carbocycles. The number of nitro benzene ring substituents is 1. The Morgan fingerprint density at radius 3 is 2.72 bits per heavy atom. The Balaban J connectivity index is 2.04. The summed E-state index contributed by atoms with van der Waals surface area (Å²) in [4.78, 5) is 10.5. The zero-order chi connectivity index (χ0) is 17.8. The Labute approximate surface area is 148 Å². The van der Waals surface area contributed by atoms with Crippen molar-refractivity contribution in [3.05, 3.63) is 81.0 Å². The van der Waals surface area contributed by atoms with E-state index in [1.807, 2.05) is 0 Å². The molecule has 0 unspecified atom stereocenters. The highest BCUT2D eigenvalue weighted by atomic mass is 35.5. The van der Waals surface area contributed by atoms with Crippen LogP contribution in [0.15, 0.2) is 54.7 Å². The number of nitro groups is 1. The van der Waals surface area contributed by atoms with E-state index in [1.165, 1.54) is 12.1 Å². The van der Waals surface area contributed by atoms with E-state index in [9.17, 15) is 15.4 Å². The average molecular weight is 351 g/mol. The van der Waals surface area contributed by atoms with Crippen LogP contribution in [0.3, 0.4) is 0 Å². The summed E-state index contributed by atoms with van der Waals surface area (Å²) >= 11 is 5.88. The lowest BCUT2D eigenvalue weighted by Crippen LogP contribution is -1.89. The Bertz CT molecular complexity index is 1000. The van der Waals surface area contributed by atoms with Crippen molar-refractivity contribution in [2.24, 2.45) is 0 Å². The summed E-state index contributed by atoms with van der Waals surface area (Å²) in [6.07, 6.45) is 3.25. The van der Waals surface area contributed by atoms with Crippen LogP contribution in [0.4, 0.5) is 5.69 Å². The number of hydrogen-bond acceptors (Lipinski definition) is 4. The van der Waals surface area contributed by atoms with Gasteiger partial charge in [0.1, 0.15) is 0 Å². The zero-order valence-electron chi connectivity index (χ0n) is 12.8. The van der Waals surface area contributed by atoms with Crippen LogP contribution in [0.1, 0.15) is 11.1 Å². The van der Waals surface area contributed by atoms with Gasteiger partial charge < -0.3 is 0 Å². The maximum atomic E-state index is 11.0. The standard InChI is InChI=1S/C18H11ClN4O2/c19-16-6-4-12(5-7-16)14(10-20)8-15-11-21-22-18(15)13-2-1-3-17(9-13)23(24)25/h1-9,11H,(H,21,22)/b14-8-. The molecule has 0 aliphatic rings. The molecule has 0 fully saturated rings. The minimum Gasteiger partial charge on any atom is -0.277 e. The number of nitrogens with one attached hydrogen (secondary N) is 1. The summed E-state index contributed by atoms with van der Waals surface area (Å²) in [5.74, 6) is 0. The molecule has 0 bridgehead atoms. The number of aromatic amines is 1. The summed E-state index contributed by atoms with van der Waals surface area (Å²) in [5.41, 5.74) is 3.02. The van der Waals surface area contributed by atoms with E-state index < -0.39 is 4.92 Å². The Kier molecular flexibility index (Phi) is 4.59. The summed E-state index contributed by atoms with van der Waals surface area (Å²) in [7, 11) is 0. The number of non-ortho nitro benzene ring substituents is 1. The molecule has 2 aromatic carbocycles. The van der Waals surface area contributed by atoms with Crippen molar-refractivity contribution in [3.8, 4) is 17.3 Å². The lowest BCUT2D eigenvalue weighted by molar-refractivity contribution is -0.384. The molecule has 1 aromatic heterocycles. The fraction of sp³-hybridized carbons (Fsp3) is 0. The second-order valence-corrected chi connectivity index (χ2v) is 5.62. The quantitative estimate of drug-likeness (QED) is 0.419. The smallest absolute Gasteiger partial charge is 0.270 e. The van der Waals surface area contributed by atoms with Gasteiger partial charge in [0.05, 0.1) is 28.5 Å². The van der Waals surface area contributed by atoms with Gasteiger partial charge in [0, 0.05) is 28.3 Å². The average Bonchev–Trinajstić information content (AvgIpc) is 3.09. The first-order valence-electron chi connectivity index (χ1n) is 7.24. The summed E-state index contributed by atoms with van der Waals surface area (Å²) in [5, 5.41) is 27.8. The number of nitriles is 1. The number of allylic oxidation sites excluding steroid dienone is 1. The number of hydrogen-bond donors (Lipinski definition) is 1. The van der Waals surface area contributed by atoms with E-state index in [-0.39, 0.29) is 5.69 Å². The minimum atomic E-state index is -0.455. The Morgan fingerprint density at radius 2 is 2.04 bits per heavy atom. The van der Waals surface area contributed by atoms with Crippen LogP contribution >= 0.6 is 11.6 Å². The normalized spacial score (nSPS) is 11.1. The number of rotatable bonds is 4. The third kappa shape index (κ3) is 3.57. The van der Waals surface area contributed by atoms with E-state index in [1.54, 1.807) is 48.7 Å². The summed E-state index contributed by atoms with van der Waals surface area (Å²) < 4.78 is 0. The van der Waals surface area contributed by atoms with Gasteiger partial charge >= 0.3 is 0 Å². The topological polar surface area (TPSA) is 95.6 Å². The van der Waals surface area contributed by atoms with Crippen LogP contribution < -0.4 is 0 Å². The van der Waals surface area contributed by atoms with Crippen molar-refractivity contribution in [2.45, 2.75) is 0 Å². The highest BCUT2D eigenvalue weighted by Crippen LogP contribution is 2.28. The monoisotopic (exact) mass is 350 g/mol. The first kappa shape index (κ1) is 16.4. The highest BCUT2D eigenvalue weighted by Gasteiger charge is 2.12. The van der Waals surface area contributed by atoms with Crippen molar-refractivity contribution in [1.29, 1.82) is 5.26 Å². The van der Waals surface area contributed by atoms with Gasteiger partial charge in [-0.3, -0.25) is 15.2 Å². The molecule has 1 heterocycles. The SMILES string of the molecule is N#C/C(=C/c1cn[nH]c1-c1cccc([N+](=O)[O-])c1)c1ccc(Cl)cc1. The van der Waals surface area contributed by atoms with Gasteiger partial charge in [0.25, 0.3) is 5.69 Å². The zero-order valence-corrected chi connectivity index (χ0v) is 13.6. The minimum absolute atomic E-state index is 0.0137. The van der Waals surface area contributed by atoms with E-state index >= 15 is 0 Å². The van der Waals surface area contributed by atoms with E-state index in [0.717, 1.165) is 5.56 Å². The van der Waals surface area contributed by atoms with Crippen LogP contribution in [0.2, 0.25) is 5.02 Å². The fourth-order valence-electron chi connectivity index (χ4n) is 2.38. The van der Waals surface area contributed by atoms with Crippen LogP contribution in [0, 0.1) is 21.4 Å². The maximum absolute atomic E-state index is 11.0. The van der Waals surface area contributed by atoms with Crippen molar-refractivity contribution >= 4 is 28.9 Å². The molecule has 0 spiro atoms. The molecule has 6 nitrogen and oxygen atoms in total. The molecule has 3 aromatic rings. The van der Waals surface area contributed by atoms with Crippen molar-refractivity contribution < 1.29 is 4.92 Å². The van der Waals surface area contributed by atoms with Crippen molar-refractivity contribution in [1.82, 2.24) is 10.2 Å². The largest absolute Gasteiger partial charge is 0.277 e. The summed E-state index contributed by atoms with van der Waals surface area (Å²) in [6, 6.07) is 15.3. The third-order valence-electron chi connectivity index (χ3n) is 3.59.